The van der Waals surface area contributed by atoms with Gasteiger partial charge >= 0.3 is 6.03 Å². The Balaban J connectivity index is 1.72. The van der Waals surface area contributed by atoms with Crippen molar-refractivity contribution in [2.75, 3.05) is 32.7 Å². The van der Waals surface area contributed by atoms with Crippen LogP contribution >= 0.6 is 0 Å². The molecule has 1 aliphatic heterocycles. The Morgan fingerprint density at radius 1 is 0.957 bits per heavy atom. The summed E-state index contributed by atoms with van der Waals surface area (Å²) in [6.45, 7) is 7.51. The van der Waals surface area contributed by atoms with Crippen LogP contribution in [0.25, 0.3) is 0 Å². The van der Waals surface area contributed by atoms with Gasteiger partial charge in [-0.05, 0) is 38.5 Å². The number of nitrogens with one attached hydrogen (secondary N) is 1. The quantitative estimate of drug-likeness (QED) is 0.846. The van der Waals surface area contributed by atoms with Crippen molar-refractivity contribution in [3.63, 3.8) is 0 Å². The van der Waals surface area contributed by atoms with Crippen LogP contribution in [0.5, 0.6) is 0 Å². The summed E-state index contributed by atoms with van der Waals surface area (Å²) in [7, 11) is 0. The number of hydrogen-bond donors (Lipinski definition) is 1. The van der Waals surface area contributed by atoms with Gasteiger partial charge in [-0.3, -0.25) is 4.79 Å². The first-order valence-electron chi connectivity index (χ1n) is 9.47. The lowest BCUT2D eigenvalue weighted by molar-refractivity contribution is -0.138. The molecule has 2 rings (SSSR count). The Hall–Kier alpha value is -1.26. The van der Waals surface area contributed by atoms with E-state index >= 15 is 0 Å². The molecule has 0 spiro atoms. The van der Waals surface area contributed by atoms with Crippen LogP contribution in [0.15, 0.2) is 0 Å². The SMILES string of the molecule is CCCCC1CCC(C(=O)N2CCN(C(=O)NCC)CC2)CC1. The molecule has 1 saturated carbocycles. The number of rotatable bonds is 5. The number of nitrogens with zero attached hydrogens (tertiary/aromatic N) is 2. The maximum Gasteiger partial charge on any atom is 0.317 e. The molecule has 1 aliphatic carbocycles. The average molecular weight is 323 g/mol. The maximum atomic E-state index is 12.7. The molecule has 1 N–H and O–H groups in total. The van der Waals surface area contributed by atoms with Crippen LogP contribution in [0.2, 0.25) is 0 Å². The van der Waals surface area contributed by atoms with Gasteiger partial charge in [0.05, 0.1) is 0 Å². The summed E-state index contributed by atoms with van der Waals surface area (Å²) in [5.74, 6) is 1.40. The predicted molar refractivity (Wildman–Crippen MR) is 92.2 cm³/mol. The minimum atomic E-state index is -0.00367. The summed E-state index contributed by atoms with van der Waals surface area (Å²) in [5.41, 5.74) is 0. The van der Waals surface area contributed by atoms with Crippen molar-refractivity contribution >= 4 is 11.9 Å². The fraction of sp³-hybridized carbons (Fsp3) is 0.889. The summed E-state index contributed by atoms with van der Waals surface area (Å²) >= 11 is 0. The standard InChI is InChI=1S/C18H33N3O2/c1-3-5-6-15-7-9-16(10-8-15)17(22)20-11-13-21(14-12-20)18(23)19-4-2/h15-16H,3-14H2,1-2H3,(H,19,23). The first kappa shape index (κ1) is 18.1. The van der Waals surface area contributed by atoms with Gasteiger partial charge < -0.3 is 15.1 Å². The van der Waals surface area contributed by atoms with Crippen LogP contribution in [0, 0.1) is 11.8 Å². The third-order valence-corrected chi connectivity index (χ3v) is 5.37. The fourth-order valence-electron chi connectivity index (χ4n) is 3.84. The zero-order valence-corrected chi connectivity index (χ0v) is 14.9. The zero-order valence-electron chi connectivity index (χ0n) is 14.9. The van der Waals surface area contributed by atoms with Crippen molar-refractivity contribution in [3.8, 4) is 0 Å². The smallest absolute Gasteiger partial charge is 0.317 e. The lowest BCUT2D eigenvalue weighted by Crippen LogP contribution is -2.54. The Morgan fingerprint density at radius 3 is 2.13 bits per heavy atom. The van der Waals surface area contributed by atoms with Crippen molar-refractivity contribution in [3.05, 3.63) is 0 Å². The summed E-state index contributed by atoms with van der Waals surface area (Å²) in [6.07, 6.45) is 8.49. The molecule has 0 radical (unpaired) electrons. The normalized spacial score (nSPS) is 25.3. The molecule has 0 aromatic carbocycles. The van der Waals surface area contributed by atoms with Crippen molar-refractivity contribution in [2.45, 2.75) is 58.8 Å². The van der Waals surface area contributed by atoms with E-state index in [1.807, 2.05) is 16.7 Å². The van der Waals surface area contributed by atoms with Crippen LogP contribution in [0.1, 0.15) is 58.8 Å². The lowest BCUT2D eigenvalue weighted by atomic mass is 9.79. The van der Waals surface area contributed by atoms with Gasteiger partial charge in [0.15, 0.2) is 0 Å². The van der Waals surface area contributed by atoms with Gasteiger partial charge in [-0.1, -0.05) is 26.2 Å². The van der Waals surface area contributed by atoms with Crippen LogP contribution in [0.4, 0.5) is 4.79 Å². The Morgan fingerprint density at radius 2 is 1.57 bits per heavy atom. The summed E-state index contributed by atoms with van der Waals surface area (Å²) in [5, 5.41) is 2.83. The van der Waals surface area contributed by atoms with Gasteiger partial charge in [-0.25, -0.2) is 4.79 Å². The van der Waals surface area contributed by atoms with Crippen molar-refractivity contribution in [1.82, 2.24) is 15.1 Å². The van der Waals surface area contributed by atoms with E-state index in [-0.39, 0.29) is 11.9 Å². The molecule has 5 nitrogen and oxygen atoms in total. The molecular weight excluding hydrogens is 290 g/mol. The van der Waals surface area contributed by atoms with E-state index in [0.717, 1.165) is 18.8 Å². The minimum absolute atomic E-state index is 0.00367. The first-order valence-corrected chi connectivity index (χ1v) is 9.47. The molecule has 0 aromatic rings. The second-order valence-electron chi connectivity index (χ2n) is 7.01. The van der Waals surface area contributed by atoms with E-state index < -0.39 is 0 Å². The Kier molecular flexibility index (Phi) is 7.18. The molecule has 1 saturated heterocycles. The van der Waals surface area contributed by atoms with Crippen LogP contribution < -0.4 is 5.32 Å². The topological polar surface area (TPSA) is 52.7 Å². The van der Waals surface area contributed by atoms with E-state index in [1.165, 1.54) is 32.1 Å². The number of hydrogen-bond acceptors (Lipinski definition) is 2. The van der Waals surface area contributed by atoms with E-state index in [1.54, 1.807) is 0 Å². The lowest BCUT2D eigenvalue weighted by Gasteiger charge is -2.37. The van der Waals surface area contributed by atoms with Crippen molar-refractivity contribution < 1.29 is 9.59 Å². The largest absolute Gasteiger partial charge is 0.339 e. The molecule has 23 heavy (non-hydrogen) atoms. The Bertz CT molecular complexity index is 384. The molecule has 5 heteroatoms. The van der Waals surface area contributed by atoms with Crippen molar-refractivity contribution in [2.24, 2.45) is 11.8 Å². The van der Waals surface area contributed by atoms with Gasteiger partial charge in [-0.15, -0.1) is 0 Å². The second kappa shape index (κ2) is 9.14. The number of carbonyl (C=O) groups is 2. The molecule has 0 bridgehead atoms. The summed E-state index contributed by atoms with van der Waals surface area (Å²) in [4.78, 5) is 28.3. The summed E-state index contributed by atoms with van der Waals surface area (Å²) < 4.78 is 0. The highest BCUT2D eigenvalue weighted by Gasteiger charge is 2.31. The van der Waals surface area contributed by atoms with Gasteiger partial charge in [0.2, 0.25) is 5.91 Å². The fourth-order valence-corrected chi connectivity index (χ4v) is 3.84. The van der Waals surface area contributed by atoms with Crippen molar-refractivity contribution in [1.29, 1.82) is 0 Å². The number of carbonyl (C=O) groups excluding carboxylic acids is 2. The van der Waals surface area contributed by atoms with E-state index in [0.29, 0.717) is 38.6 Å². The average Bonchev–Trinajstić information content (AvgIpc) is 2.60. The van der Waals surface area contributed by atoms with Gasteiger partial charge in [-0.2, -0.15) is 0 Å². The summed E-state index contributed by atoms with van der Waals surface area (Å²) in [6, 6.07) is -0.00367. The number of amides is 3. The van der Waals surface area contributed by atoms with E-state index in [9.17, 15) is 9.59 Å². The van der Waals surface area contributed by atoms with Crippen LogP contribution in [-0.4, -0.2) is 54.5 Å². The monoisotopic (exact) mass is 323 g/mol. The molecule has 132 valence electrons. The second-order valence-corrected chi connectivity index (χ2v) is 7.01. The number of urea groups is 1. The third-order valence-electron chi connectivity index (χ3n) is 5.37. The van der Waals surface area contributed by atoms with Crippen LogP contribution in [-0.2, 0) is 4.79 Å². The highest BCUT2D eigenvalue weighted by atomic mass is 16.2. The minimum Gasteiger partial charge on any atom is -0.339 e. The van der Waals surface area contributed by atoms with Gasteiger partial charge in [0.25, 0.3) is 0 Å². The predicted octanol–water partition coefficient (Wildman–Crippen LogP) is 2.86. The zero-order chi connectivity index (χ0) is 16.7. The van der Waals surface area contributed by atoms with Gasteiger partial charge in [0, 0.05) is 38.6 Å². The third kappa shape index (κ3) is 5.11. The van der Waals surface area contributed by atoms with E-state index in [2.05, 4.69) is 12.2 Å². The van der Waals surface area contributed by atoms with Crippen LogP contribution in [0.3, 0.4) is 0 Å². The molecule has 1 heterocycles. The van der Waals surface area contributed by atoms with E-state index in [4.69, 9.17) is 0 Å². The molecule has 2 aliphatic rings. The first-order chi connectivity index (χ1) is 11.2. The highest BCUT2D eigenvalue weighted by molar-refractivity contribution is 5.79. The number of unbranched alkanes of at least 4 members (excludes halogenated alkanes) is 1. The number of piperazine rings is 1. The molecular formula is C18H33N3O2. The molecule has 0 aromatic heterocycles. The molecule has 2 fully saturated rings. The Labute approximate surface area is 140 Å². The highest BCUT2D eigenvalue weighted by Crippen LogP contribution is 2.33. The van der Waals surface area contributed by atoms with Gasteiger partial charge in [0.1, 0.15) is 0 Å². The molecule has 0 unspecified atom stereocenters. The molecule has 0 atom stereocenters. The molecule has 3 amide bonds. The maximum absolute atomic E-state index is 12.7.